The predicted octanol–water partition coefficient (Wildman–Crippen LogP) is 2.15. The number of amides is 3. The second-order valence-electron chi connectivity index (χ2n) is 7.98. The minimum absolute atomic E-state index is 0.0911. The van der Waals surface area contributed by atoms with Gasteiger partial charge in [0.2, 0.25) is 11.8 Å². The number of ether oxygens (including phenoxy) is 2. The Balaban J connectivity index is 1.42. The minimum atomic E-state index is -0.861. The highest BCUT2D eigenvalue weighted by Crippen LogP contribution is 2.17. The van der Waals surface area contributed by atoms with Crippen LogP contribution in [-0.2, 0) is 37.1 Å². The third kappa shape index (κ3) is 7.33. The first kappa shape index (κ1) is 24.8. The number of alkyl carbamates (subject to hydrolysis) is 1. The van der Waals surface area contributed by atoms with Crippen LogP contribution < -0.4 is 10.6 Å². The van der Waals surface area contributed by atoms with E-state index in [2.05, 4.69) is 10.6 Å². The summed E-state index contributed by atoms with van der Waals surface area (Å²) in [5.74, 6) is -1.38. The van der Waals surface area contributed by atoms with Crippen LogP contribution in [0.2, 0.25) is 0 Å². The first-order chi connectivity index (χ1) is 16.4. The van der Waals surface area contributed by atoms with E-state index in [0.29, 0.717) is 19.4 Å². The van der Waals surface area contributed by atoms with Crippen LogP contribution >= 0.6 is 0 Å². The number of esters is 1. The second-order valence-corrected chi connectivity index (χ2v) is 7.98. The molecule has 0 bridgehead atoms. The zero-order valence-electron chi connectivity index (χ0n) is 19.1. The van der Waals surface area contributed by atoms with Crippen LogP contribution in [0.25, 0.3) is 0 Å². The van der Waals surface area contributed by atoms with E-state index in [4.69, 9.17) is 9.47 Å². The first-order valence-corrected chi connectivity index (χ1v) is 11.2. The lowest BCUT2D eigenvalue weighted by molar-refractivity contribution is -0.149. The largest absolute Gasteiger partial charge is 0.459 e. The van der Waals surface area contributed by atoms with Crippen LogP contribution in [0.4, 0.5) is 4.79 Å². The van der Waals surface area contributed by atoms with Gasteiger partial charge in [0.05, 0.1) is 0 Å². The molecule has 1 aliphatic rings. The molecule has 9 heteroatoms. The molecule has 1 fully saturated rings. The summed E-state index contributed by atoms with van der Waals surface area (Å²) in [4.78, 5) is 50.9. The molecule has 0 aromatic heterocycles. The third-order valence-electron chi connectivity index (χ3n) is 5.41. The van der Waals surface area contributed by atoms with Gasteiger partial charge < -0.3 is 25.0 Å². The molecule has 1 aliphatic heterocycles. The van der Waals surface area contributed by atoms with Crippen molar-refractivity contribution in [1.82, 2.24) is 15.5 Å². The number of rotatable bonds is 9. The molecule has 3 rings (SSSR count). The fourth-order valence-corrected chi connectivity index (χ4v) is 3.58. The second kappa shape index (κ2) is 12.4. The summed E-state index contributed by atoms with van der Waals surface area (Å²) < 4.78 is 10.3. The van der Waals surface area contributed by atoms with Crippen molar-refractivity contribution in [3.8, 4) is 0 Å². The zero-order valence-corrected chi connectivity index (χ0v) is 19.1. The monoisotopic (exact) mass is 467 g/mol. The number of nitrogens with one attached hydrogen (secondary N) is 2. The number of hydrogen-bond acceptors (Lipinski definition) is 6. The molecule has 2 N–H and O–H groups in total. The van der Waals surface area contributed by atoms with Gasteiger partial charge in [-0.2, -0.15) is 0 Å². The average Bonchev–Trinajstić information content (AvgIpc) is 3.36. The molecule has 1 saturated heterocycles. The van der Waals surface area contributed by atoms with Gasteiger partial charge >= 0.3 is 12.1 Å². The first-order valence-electron chi connectivity index (χ1n) is 11.2. The molecule has 0 saturated carbocycles. The molecular formula is C25H29N3O6. The van der Waals surface area contributed by atoms with Crippen LogP contribution in [0.3, 0.4) is 0 Å². The molecule has 0 spiro atoms. The van der Waals surface area contributed by atoms with Crippen LogP contribution in [0, 0.1) is 0 Å². The number of carbonyl (C=O) groups is 4. The number of benzene rings is 2. The van der Waals surface area contributed by atoms with Crippen molar-refractivity contribution in [2.75, 3.05) is 13.1 Å². The number of hydrogen-bond donors (Lipinski definition) is 2. The van der Waals surface area contributed by atoms with Crippen LogP contribution in [0.15, 0.2) is 60.7 Å². The summed E-state index contributed by atoms with van der Waals surface area (Å²) in [7, 11) is 0. The maximum Gasteiger partial charge on any atom is 0.407 e. The lowest BCUT2D eigenvalue weighted by atomic mass is 10.2. The molecular weight excluding hydrogens is 438 g/mol. The minimum Gasteiger partial charge on any atom is -0.459 e. The summed E-state index contributed by atoms with van der Waals surface area (Å²) in [5.41, 5.74) is 1.67. The highest BCUT2D eigenvalue weighted by molar-refractivity contribution is 5.92. The lowest BCUT2D eigenvalue weighted by Gasteiger charge is -2.25. The van der Waals surface area contributed by atoms with Crippen molar-refractivity contribution >= 4 is 23.9 Å². The smallest absolute Gasteiger partial charge is 0.407 e. The fourth-order valence-electron chi connectivity index (χ4n) is 3.58. The van der Waals surface area contributed by atoms with Gasteiger partial charge in [0.25, 0.3) is 0 Å². The van der Waals surface area contributed by atoms with Crippen LogP contribution in [-0.4, -0.2) is 54.0 Å². The van der Waals surface area contributed by atoms with Crippen molar-refractivity contribution in [3.63, 3.8) is 0 Å². The number of carbonyl (C=O) groups excluding carboxylic acids is 4. The predicted molar refractivity (Wildman–Crippen MR) is 123 cm³/mol. The topological polar surface area (TPSA) is 114 Å². The summed E-state index contributed by atoms with van der Waals surface area (Å²) in [6.07, 6.45) is 0.406. The van der Waals surface area contributed by atoms with E-state index in [1.54, 1.807) is 0 Å². The van der Waals surface area contributed by atoms with Gasteiger partial charge in [-0.05, 0) is 30.9 Å². The molecule has 2 aromatic carbocycles. The normalized spacial score (nSPS) is 15.8. The highest BCUT2D eigenvalue weighted by atomic mass is 16.5. The highest BCUT2D eigenvalue weighted by Gasteiger charge is 2.35. The van der Waals surface area contributed by atoms with Gasteiger partial charge in [0, 0.05) is 6.54 Å². The third-order valence-corrected chi connectivity index (χ3v) is 5.41. The molecule has 0 aliphatic carbocycles. The Morgan fingerprint density at radius 1 is 0.941 bits per heavy atom. The van der Waals surface area contributed by atoms with Gasteiger partial charge in [-0.3, -0.25) is 9.59 Å². The summed E-state index contributed by atoms with van der Waals surface area (Å²) in [5, 5.41) is 5.05. The van der Waals surface area contributed by atoms with E-state index >= 15 is 0 Å². The van der Waals surface area contributed by atoms with Gasteiger partial charge in [-0.1, -0.05) is 60.7 Å². The number of nitrogens with zero attached hydrogens (tertiary/aromatic N) is 1. The van der Waals surface area contributed by atoms with Gasteiger partial charge in [-0.25, -0.2) is 9.59 Å². The SMILES string of the molecule is C[C@H](NC(=O)[C@@H]1CCCN1C(=O)CNC(=O)OCc1ccccc1)C(=O)OCc1ccccc1. The maximum atomic E-state index is 12.7. The average molecular weight is 468 g/mol. The van der Waals surface area contributed by atoms with E-state index in [1.165, 1.54) is 11.8 Å². The molecule has 2 atom stereocenters. The van der Waals surface area contributed by atoms with Crippen molar-refractivity contribution in [2.24, 2.45) is 0 Å². The van der Waals surface area contributed by atoms with Crippen LogP contribution in [0.1, 0.15) is 30.9 Å². The summed E-state index contributed by atoms with van der Waals surface area (Å²) in [6.45, 7) is 1.85. The Morgan fingerprint density at radius 3 is 2.15 bits per heavy atom. The Morgan fingerprint density at radius 2 is 1.53 bits per heavy atom. The Hall–Kier alpha value is -3.88. The van der Waals surface area contributed by atoms with Gasteiger partial charge in [0.15, 0.2) is 0 Å². The van der Waals surface area contributed by atoms with E-state index < -0.39 is 36.0 Å². The molecule has 180 valence electrons. The molecule has 9 nitrogen and oxygen atoms in total. The molecule has 34 heavy (non-hydrogen) atoms. The van der Waals surface area contributed by atoms with Gasteiger partial charge in [-0.15, -0.1) is 0 Å². The van der Waals surface area contributed by atoms with Crippen molar-refractivity contribution in [2.45, 2.75) is 45.1 Å². The molecule has 0 unspecified atom stereocenters. The molecule has 3 amide bonds. The van der Waals surface area contributed by atoms with E-state index in [0.717, 1.165) is 11.1 Å². The Kier molecular flexibility index (Phi) is 9.02. The van der Waals surface area contributed by atoms with E-state index in [9.17, 15) is 19.2 Å². The molecule has 2 aromatic rings. The molecule has 0 radical (unpaired) electrons. The van der Waals surface area contributed by atoms with Gasteiger partial charge in [0.1, 0.15) is 31.8 Å². The van der Waals surface area contributed by atoms with Crippen LogP contribution in [0.5, 0.6) is 0 Å². The summed E-state index contributed by atoms with van der Waals surface area (Å²) >= 11 is 0. The summed E-state index contributed by atoms with van der Waals surface area (Å²) in [6, 6.07) is 16.8. The Labute approximate surface area is 198 Å². The van der Waals surface area contributed by atoms with E-state index in [1.807, 2.05) is 60.7 Å². The lowest BCUT2D eigenvalue weighted by Crippen LogP contribution is -2.52. The zero-order chi connectivity index (χ0) is 24.3. The van der Waals surface area contributed by atoms with E-state index in [-0.39, 0.29) is 19.8 Å². The maximum absolute atomic E-state index is 12.7. The van der Waals surface area contributed by atoms with Crippen molar-refractivity contribution < 1.29 is 28.7 Å². The van der Waals surface area contributed by atoms with Crippen molar-refractivity contribution in [1.29, 1.82) is 0 Å². The van der Waals surface area contributed by atoms with Crippen molar-refractivity contribution in [3.05, 3.63) is 71.8 Å². The molecule has 1 heterocycles. The number of likely N-dealkylation sites (tertiary alicyclic amines) is 1. The standard InChI is InChI=1S/C25H29N3O6/c1-18(24(31)33-16-19-9-4-2-5-10-19)27-23(30)21-13-8-14-28(21)22(29)15-26-25(32)34-17-20-11-6-3-7-12-20/h2-7,9-12,18,21H,8,13-17H2,1H3,(H,26,32)(H,27,30)/t18-,21-/m0/s1. The quantitative estimate of drug-likeness (QED) is 0.547. The Bertz CT molecular complexity index is 983. The fraction of sp³-hybridized carbons (Fsp3) is 0.360.